The summed E-state index contributed by atoms with van der Waals surface area (Å²) in [4.78, 5) is 16.8. The number of hydrogen-bond acceptors (Lipinski definition) is 5. The normalized spacial score (nSPS) is 20.7. The zero-order valence-corrected chi connectivity index (χ0v) is 12.4. The molecule has 1 unspecified atom stereocenters. The molecular formula is C9H15BrN6OS. The Morgan fingerprint density at radius 3 is 2.61 bits per heavy atom. The van der Waals surface area contributed by atoms with E-state index in [4.69, 9.17) is 11.5 Å². The van der Waals surface area contributed by atoms with Gasteiger partial charge in [0, 0.05) is 11.6 Å². The van der Waals surface area contributed by atoms with Crippen LogP contribution in [0.25, 0.3) is 0 Å². The first-order valence-electron chi connectivity index (χ1n) is 4.67. The summed E-state index contributed by atoms with van der Waals surface area (Å²) in [6.45, 7) is 3.80. The Hall–Kier alpha value is -1.32. The largest absolute Gasteiger partial charge is 0.412 e. The lowest BCUT2D eigenvalue weighted by Gasteiger charge is -2.12. The summed E-state index contributed by atoms with van der Waals surface area (Å²) in [6, 6.07) is 0. The number of thiazole rings is 1. The lowest BCUT2D eigenvalue weighted by atomic mass is 10.0. The highest BCUT2D eigenvalue weighted by atomic mass is 79.9. The molecule has 1 aliphatic heterocycles. The van der Waals surface area contributed by atoms with E-state index < -0.39 is 5.54 Å². The van der Waals surface area contributed by atoms with Gasteiger partial charge in [0.25, 0.3) is 0 Å². The van der Waals surface area contributed by atoms with Crippen LogP contribution in [-0.4, -0.2) is 28.5 Å². The van der Waals surface area contributed by atoms with E-state index >= 15 is 0 Å². The number of aliphatic imine (C=N–C) groups is 3. The second-order valence-electron chi connectivity index (χ2n) is 3.62. The molecule has 1 aromatic heterocycles. The van der Waals surface area contributed by atoms with Gasteiger partial charge in [-0.25, -0.2) is 9.98 Å². The summed E-state index contributed by atoms with van der Waals surface area (Å²) < 4.78 is 0. The van der Waals surface area contributed by atoms with Gasteiger partial charge in [-0.1, -0.05) is 0 Å². The quantitative estimate of drug-likeness (QED) is 0.602. The zero-order valence-electron chi connectivity index (χ0n) is 9.91. The molecule has 0 aromatic carbocycles. The molecule has 2 rings (SSSR count). The third kappa shape index (κ3) is 3.34. The van der Waals surface area contributed by atoms with Crippen LogP contribution >= 0.6 is 28.3 Å². The highest BCUT2D eigenvalue weighted by Crippen LogP contribution is 2.30. The molecule has 9 heteroatoms. The van der Waals surface area contributed by atoms with Gasteiger partial charge in [0.05, 0.1) is 5.69 Å². The average molecular weight is 335 g/mol. The Labute approximate surface area is 119 Å². The first kappa shape index (κ1) is 16.7. The SMILES string of the molecule is Br.CC1=NC(C)(c2csc(N=C(N)N)n2)C=N1.O. The molecule has 6 N–H and O–H groups in total. The van der Waals surface area contributed by atoms with Crippen molar-refractivity contribution in [2.45, 2.75) is 19.4 Å². The molecule has 1 aliphatic rings. The van der Waals surface area contributed by atoms with Gasteiger partial charge >= 0.3 is 0 Å². The fourth-order valence-corrected chi connectivity index (χ4v) is 2.21. The molecule has 18 heavy (non-hydrogen) atoms. The predicted octanol–water partition coefficient (Wildman–Crippen LogP) is 0.519. The smallest absolute Gasteiger partial charge is 0.212 e. The van der Waals surface area contributed by atoms with Crippen LogP contribution in [0.1, 0.15) is 19.5 Å². The van der Waals surface area contributed by atoms with Crippen LogP contribution in [0.15, 0.2) is 20.4 Å². The van der Waals surface area contributed by atoms with E-state index in [0.717, 1.165) is 11.5 Å². The topological polar surface area (TPSA) is 134 Å². The molecule has 0 saturated heterocycles. The molecule has 1 aromatic rings. The first-order valence-corrected chi connectivity index (χ1v) is 5.55. The molecule has 0 fully saturated rings. The Kier molecular flexibility index (Phi) is 5.58. The third-order valence-electron chi connectivity index (χ3n) is 2.13. The second kappa shape index (κ2) is 6.03. The van der Waals surface area contributed by atoms with Gasteiger partial charge in [-0.05, 0) is 13.8 Å². The molecule has 0 saturated carbocycles. The molecular weight excluding hydrogens is 320 g/mol. The van der Waals surface area contributed by atoms with Crippen LogP contribution in [0.2, 0.25) is 0 Å². The van der Waals surface area contributed by atoms with Crippen LogP contribution in [0.4, 0.5) is 5.13 Å². The number of halogens is 1. The average Bonchev–Trinajstić information content (AvgIpc) is 2.74. The lowest BCUT2D eigenvalue weighted by molar-refractivity contribution is 0.686. The highest BCUT2D eigenvalue weighted by molar-refractivity contribution is 8.93. The minimum absolute atomic E-state index is 0. The fraction of sp³-hybridized carbons (Fsp3) is 0.333. The van der Waals surface area contributed by atoms with Gasteiger partial charge in [-0.3, -0.25) is 4.99 Å². The molecule has 0 spiro atoms. The van der Waals surface area contributed by atoms with Gasteiger partial charge in [0.15, 0.2) is 5.96 Å². The second-order valence-corrected chi connectivity index (χ2v) is 4.45. The van der Waals surface area contributed by atoms with Crippen molar-refractivity contribution >= 4 is 51.5 Å². The van der Waals surface area contributed by atoms with Gasteiger partial charge in [0.1, 0.15) is 11.4 Å². The maximum absolute atomic E-state index is 5.28. The molecule has 0 radical (unpaired) electrons. The van der Waals surface area contributed by atoms with E-state index in [9.17, 15) is 0 Å². The van der Waals surface area contributed by atoms with Crippen LogP contribution in [0.3, 0.4) is 0 Å². The molecule has 0 bridgehead atoms. The van der Waals surface area contributed by atoms with Gasteiger partial charge in [-0.2, -0.15) is 4.99 Å². The number of aromatic nitrogens is 1. The monoisotopic (exact) mass is 334 g/mol. The summed E-state index contributed by atoms with van der Waals surface area (Å²) in [5.41, 5.74) is 10.9. The summed E-state index contributed by atoms with van der Waals surface area (Å²) in [6.07, 6.45) is 1.77. The highest BCUT2D eigenvalue weighted by Gasteiger charge is 2.30. The van der Waals surface area contributed by atoms with Crippen molar-refractivity contribution in [3.05, 3.63) is 11.1 Å². The summed E-state index contributed by atoms with van der Waals surface area (Å²) in [7, 11) is 0. The number of hydrogen-bond donors (Lipinski definition) is 2. The lowest BCUT2D eigenvalue weighted by Crippen LogP contribution is -2.22. The minimum atomic E-state index is -0.488. The summed E-state index contributed by atoms with van der Waals surface area (Å²) in [5, 5.41) is 2.42. The Balaban J connectivity index is 0.00000144. The van der Waals surface area contributed by atoms with Crippen LogP contribution in [0, 0.1) is 0 Å². The third-order valence-corrected chi connectivity index (χ3v) is 2.87. The number of rotatable bonds is 2. The van der Waals surface area contributed by atoms with Crippen molar-refractivity contribution in [3.8, 4) is 0 Å². The Bertz CT molecular complexity index is 507. The van der Waals surface area contributed by atoms with E-state index in [1.54, 1.807) is 6.21 Å². The van der Waals surface area contributed by atoms with Crippen molar-refractivity contribution < 1.29 is 5.48 Å². The number of guanidine groups is 1. The van der Waals surface area contributed by atoms with Crippen molar-refractivity contribution in [2.75, 3.05) is 0 Å². The van der Waals surface area contributed by atoms with Crippen molar-refractivity contribution in [1.29, 1.82) is 0 Å². The molecule has 0 aliphatic carbocycles. The summed E-state index contributed by atoms with van der Waals surface area (Å²) in [5.74, 6) is 0.754. The maximum Gasteiger partial charge on any atom is 0.212 e. The molecule has 100 valence electrons. The van der Waals surface area contributed by atoms with E-state index in [0.29, 0.717) is 5.13 Å². The van der Waals surface area contributed by atoms with Crippen molar-refractivity contribution in [3.63, 3.8) is 0 Å². The van der Waals surface area contributed by atoms with Gasteiger partial charge in [-0.15, -0.1) is 28.3 Å². The van der Waals surface area contributed by atoms with Crippen molar-refractivity contribution in [2.24, 2.45) is 26.4 Å². The zero-order chi connectivity index (χ0) is 11.8. The van der Waals surface area contributed by atoms with Crippen molar-refractivity contribution in [1.82, 2.24) is 4.98 Å². The maximum atomic E-state index is 5.28. The summed E-state index contributed by atoms with van der Waals surface area (Å²) >= 11 is 1.37. The molecule has 0 amide bonds. The number of amidine groups is 1. The molecule has 2 heterocycles. The minimum Gasteiger partial charge on any atom is -0.412 e. The molecule has 7 nitrogen and oxygen atoms in total. The Morgan fingerprint density at radius 2 is 2.11 bits per heavy atom. The standard InChI is InChI=1S/C9H12N6S.BrH.H2O/c1-5-12-4-9(2,15-5)6-3-16-8(13-6)14-7(10)11;;/h3-4H,1-2H3,(H4,10,11,13,14);1H;1H2. The van der Waals surface area contributed by atoms with Gasteiger partial charge < -0.3 is 16.9 Å². The van der Waals surface area contributed by atoms with E-state index in [-0.39, 0.29) is 28.4 Å². The van der Waals surface area contributed by atoms with E-state index in [2.05, 4.69) is 20.0 Å². The molecule has 1 atom stereocenters. The number of nitrogens with two attached hydrogens (primary N) is 2. The van der Waals surface area contributed by atoms with Gasteiger partial charge in [0.2, 0.25) is 5.13 Å². The Morgan fingerprint density at radius 1 is 1.44 bits per heavy atom. The van der Waals surface area contributed by atoms with Crippen LogP contribution in [0.5, 0.6) is 0 Å². The van der Waals surface area contributed by atoms with E-state index in [1.165, 1.54) is 11.3 Å². The van der Waals surface area contributed by atoms with Crippen LogP contribution < -0.4 is 11.5 Å². The predicted molar refractivity (Wildman–Crippen MR) is 80.5 cm³/mol. The first-order chi connectivity index (χ1) is 7.49. The van der Waals surface area contributed by atoms with Crippen LogP contribution in [-0.2, 0) is 5.54 Å². The fourth-order valence-electron chi connectivity index (χ4n) is 1.39. The number of nitrogens with zero attached hydrogens (tertiary/aromatic N) is 4. The van der Waals surface area contributed by atoms with E-state index in [1.807, 2.05) is 19.2 Å².